The summed E-state index contributed by atoms with van der Waals surface area (Å²) in [5, 5.41) is 18.6. The second-order valence-electron chi connectivity index (χ2n) is 10.7. The van der Waals surface area contributed by atoms with E-state index in [4.69, 9.17) is 24.5 Å². The minimum Gasteiger partial charge on any atom is -0.475 e. The van der Waals surface area contributed by atoms with Gasteiger partial charge in [-0.1, -0.05) is 0 Å². The van der Waals surface area contributed by atoms with Crippen LogP contribution in [0, 0.1) is 11.3 Å². The van der Waals surface area contributed by atoms with Gasteiger partial charge in [0.2, 0.25) is 11.9 Å². The van der Waals surface area contributed by atoms with Gasteiger partial charge in [0.1, 0.15) is 0 Å². The fraction of sp³-hybridized carbons (Fsp3) is 0.615. The first-order chi connectivity index (χ1) is 21.0. The first-order valence-corrected chi connectivity index (χ1v) is 13.7. The summed E-state index contributed by atoms with van der Waals surface area (Å²) in [6.07, 6.45) is -0.675. The first kappa shape index (κ1) is 35.5. The molecular weight excluding hydrogens is 620 g/mol. The van der Waals surface area contributed by atoms with Crippen LogP contribution < -0.4 is 4.90 Å². The van der Waals surface area contributed by atoms with E-state index in [0.717, 1.165) is 45.0 Å². The largest absolute Gasteiger partial charge is 0.490 e. The number of nitrogens with zero attached hydrogens (tertiary/aromatic N) is 7. The standard InChI is InChI=1S/C22H31N7O2.2C2HF3O2/c1-26-13-18(12-25-26)14-27-7-2-4-22(20(30)28-8-10-31-11-9-28)17-29(16-19(22)15-27)21-23-5-3-6-24-21;2*3-2(4,5)1(6)7/h3,5-6,12-13,19H,2,4,7-11,14-17H2,1H3;2*(H,6,7)/t19-,22-;;/m0../s1. The number of ether oxygens (including phenoxy) is 1. The molecule has 1 amide bonds. The summed E-state index contributed by atoms with van der Waals surface area (Å²) in [6, 6.07) is 1.84. The number of halogens is 6. The zero-order valence-corrected chi connectivity index (χ0v) is 24.2. The highest BCUT2D eigenvalue weighted by molar-refractivity contribution is 5.85. The van der Waals surface area contributed by atoms with Gasteiger partial charge in [0.25, 0.3) is 0 Å². The van der Waals surface area contributed by atoms with Crippen LogP contribution >= 0.6 is 0 Å². The summed E-state index contributed by atoms with van der Waals surface area (Å²) in [4.78, 5) is 47.4. The number of morpholine rings is 1. The molecule has 2 N–H and O–H groups in total. The monoisotopic (exact) mass is 653 g/mol. The summed E-state index contributed by atoms with van der Waals surface area (Å²) in [5.74, 6) is -4.25. The SMILES string of the molecule is Cn1cc(CN2CCC[C@]3(C(=O)N4CCOCC4)CN(c4ncccn4)C[C@@H]3C2)cn1.O=C(O)C(F)(F)F.O=C(O)C(F)(F)F. The Kier molecular flexibility index (Phi) is 11.7. The van der Waals surface area contributed by atoms with Gasteiger partial charge in [-0.05, 0) is 25.5 Å². The van der Waals surface area contributed by atoms with Crippen molar-refractivity contribution >= 4 is 23.8 Å². The number of anilines is 1. The van der Waals surface area contributed by atoms with Crippen molar-refractivity contribution in [1.29, 1.82) is 0 Å². The topological polar surface area (TPSA) is 154 Å². The number of fused-ring (bicyclic) bond motifs is 1. The molecule has 0 aliphatic carbocycles. The third kappa shape index (κ3) is 9.74. The molecule has 3 fully saturated rings. The van der Waals surface area contributed by atoms with Gasteiger partial charge in [-0.2, -0.15) is 31.4 Å². The Hall–Kier alpha value is -4.00. The third-order valence-corrected chi connectivity index (χ3v) is 7.48. The van der Waals surface area contributed by atoms with E-state index in [1.165, 1.54) is 5.56 Å². The van der Waals surface area contributed by atoms with Crippen molar-refractivity contribution < 1.29 is 55.7 Å². The second kappa shape index (κ2) is 14.9. The van der Waals surface area contributed by atoms with Crippen LogP contribution in [0.2, 0.25) is 0 Å². The first-order valence-electron chi connectivity index (χ1n) is 13.7. The van der Waals surface area contributed by atoms with Gasteiger partial charge in [0.15, 0.2) is 0 Å². The zero-order chi connectivity index (χ0) is 33.4. The van der Waals surface area contributed by atoms with Crippen LogP contribution in [-0.4, -0.2) is 122 Å². The van der Waals surface area contributed by atoms with Crippen molar-refractivity contribution in [2.24, 2.45) is 18.4 Å². The van der Waals surface area contributed by atoms with Crippen LogP contribution in [0.3, 0.4) is 0 Å². The van der Waals surface area contributed by atoms with Gasteiger partial charge in [-0.3, -0.25) is 14.4 Å². The molecule has 250 valence electrons. The summed E-state index contributed by atoms with van der Waals surface area (Å²) in [5.41, 5.74) is 0.830. The van der Waals surface area contributed by atoms with Crippen molar-refractivity contribution in [2.45, 2.75) is 31.7 Å². The molecule has 5 heterocycles. The highest BCUT2D eigenvalue weighted by Gasteiger charge is 2.55. The van der Waals surface area contributed by atoms with Crippen molar-refractivity contribution in [1.82, 2.24) is 29.5 Å². The molecule has 5 rings (SSSR count). The van der Waals surface area contributed by atoms with E-state index in [1.807, 2.05) is 28.9 Å². The Labute approximate surface area is 253 Å². The Morgan fingerprint density at radius 1 is 0.978 bits per heavy atom. The molecule has 0 spiro atoms. The lowest BCUT2D eigenvalue weighted by atomic mass is 9.73. The number of carboxylic acids is 2. The lowest BCUT2D eigenvalue weighted by molar-refractivity contribution is -0.193. The maximum absolute atomic E-state index is 13.9. The minimum atomic E-state index is -5.08. The molecule has 2 aromatic rings. The number of likely N-dealkylation sites (tertiary alicyclic amines) is 1. The molecule has 0 unspecified atom stereocenters. The number of hydrogen-bond acceptors (Lipinski definition) is 9. The molecule has 45 heavy (non-hydrogen) atoms. The van der Waals surface area contributed by atoms with Gasteiger partial charge < -0.3 is 24.7 Å². The maximum Gasteiger partial charge on any atom is 0.490 e. The maximum atomic E-state index is 13.9. The summed E-state index contributed by atoms with van der Waals surface area (Å²) in [7, 11) is 1.95. The van der Waals surface area contributed by atoms with Crippen LogP contribution in [0.5, 0.6) is 0 Å². The van der Waals surface area contributed by atoms with Crippen LogP contribution in [0.4, 0.5) is 32.3 Å². The van der Waals surface area contributed by atoms with Gasteiger partial charge in [-0.15, -0.1) is 0 Å². The molecule has 0 aromatic carbocycles. The number of rotatable bonds is 4. The van der Waals surface area contributed by atoms with Crippen molar-refractivity contribution in [3.63, 3.8) is 0 Å². The molecule has 13 nitrogen and oxygen atoms in total. The molecule has 0 radical (unpaired) electrons. The van der Waals surface area contributed by atoms with E-state index >= 15 is 0 Å². The molecule has 2 aromatic heterocycles. The van der Waals surface area contributed by atoms with Gasteiger partial charge in [0, 0.05) is 76.4 Å². The Balaban J connectivity index is 0.000000331. The molecular formula is C26H33F6N7O6. The Morgan fingerprint density at radius 2 is 1.56 bits per heavy atom. The fourth-order valence-corrected chi connectivity index (χ4v) is 5.50. The number of hydrogen-bond donors (Lipinski definition) is 2. The number of aliphatic carboxylic acids is 2. The van der Waals surface area contributed by atoms with Gasteiger partial charge in [0.05, 0.1) is 24.8 Å². The lowest BCUT2D eigenvalue weighted by Gasteiger charge is -2.38. The number of aromatic nitrogens is 4. The average Bonchev–Trinajstić information content (AvgIpc) is 3.51. The fourth-order valence-electron chi connectivity index (χ4n) is 5.50. The van der Waals surface area contributed by atoms with Crippen LogP contribution in [0.15, 0.2) is 30.9 Å². The molecule has 3 aliphatic rings. The second-order valence-corrected chi connectivity index (χ2v) is 10.7. The molecule has 3 saturated heterocycles. The minimum absolute atomic E-state index is 0.242. The number of carbonyl (C=O) groups is 3. The van der Waals surface area contributed by atoms with E-state index < -0.39 is 24.3 Å². The van der Waals surface area contributed by atoms with Crippen molar-refractivity contribution in [3.8, 4) is 0 Å². The van der Waals surface area contributed by atoms with E-state index in [2.05, 4.69) is 31.1 Å². The quantitative estimate of drug-likeness (QED) is 0.466. The number of amides is 1. The predicted molar refractivity (Wildman–Crippen MR) is 143 cm³/mol. The molecule has 0 bridgehead atoms. The molecule has 0 saturated carbocycles. The number of carbonyl (C=O) groups excluding carboxylic acids is 1. The van der Waals surface area contributed by atoms with Crippen LogP contribution in [0.25, 0.3) is 0 Å². The highest BCUT2D eigenvalue weighted by atomic mass is 19.4. The lowest BCUT2D eigenvalue weighted by Crippen LogP contribution is -2.52. The van der Waals surface area contributed by atoms with Crippen LogP contribution in [0.1, 0.15) is 18.4 Å². The zero-order valence-electron chi connectivity index (χ0n) is 24.2. The van der Waals surface area contributed by atoms with E-state index in [1.54, 1.807) is 12.4 Å². The smallest absolute Gasteiger partial charge is 0.475 e. The van der Waals surface area contributed by atoms with E-state index in [9.17, 15) is 31.1 Å². The molecule has 2 atom stereocenters. The Morgan fingerprint density at radius 3 is 2.07 bits per heavy atom. The molecule has 19 heteroatoms. The van der Waals surface area contributed by atoms with Gasteiger partial charge >= 0.3 is 24.3 Å². The summed E-state index contributed by atoms with van der Waals surface area (Å²) in [6.45, 7) is 6.91. The van der Waals surface area contributed by atoms with E-state index in [0.29, 0.717) is 38.8 Å². The Bertz CT molecular complexity index is 1270. The average molecular weight is 654 g/mol. The third-order valence-electron chi connectivity index (χ3n) is 7.48. The van der Waals surface area contributed by atoms with Crippen molar-refractivity contribution in [2.75, 3.05) is 57.4 Å². The van der Waals surface area contributed by atoms with Crippen LogP contribution in [-0.2, 0) is 32.7 Å². The highest BCUT2D eigenvalue weighted by Crippen LogP contribution is 2.45. The van der Waals surface area contributed by atoms with Gasteiger partial charge in [-0.25, -0.2) is 19.6 Å². The summed E-state index contributed by atoms with van der Waals surface area (Å²) >= 11 is 0. The molecule has 3 aliphatic heterocycles. The number of carboxylic acid groups (broad SMARTS) is 2. The number of alkyl halides is 6. The normalized spacial score (nSPS) is 22.2. The number of aryl methyl sites for hydroxylation is 1. The van der Waals surface area contributed by atoms with Crippen molar-refractivity contribution in [3.05, 3.63) is 36.4 Å². The summed E-state index contributed by atoms with van der Waals surface area (Å²) < 4.78 is 70.8. The predicted octanol–water partition coefficient (Wildman–Crippen LogP) is 2.05. The van der Waals surface area contributed by atoms with E-state index in [-0.39, 0.29) is 11.3 Å².